The first-order valence-corrected chi connectivity index (χ1v) is 8.64. The van der Waals surface area contributed by atoms with E-state index in [1.165, 1.54) is 0 Å². The van der Waals surface area contributed by atoms with E-state index in [-0.39, 0.29) is 5.56 Å². The number of fused-ring (bicyclic) bond motifs is 1. The zero-order valence-corrected chi connectivity index (χ0v) is 14.3. The number of hydrogen-bond donors (Lipinski definition) is 0. The van der Waals surface area contributed by atoms with Crippen molar-refractivity contribution in [3.05, 3.63) is 51.6 Å². The van der Waals surface area contributed by atoms with Gasteiger partial charge in [0.1, 0.15) is 5.76 Å². The average Bonchev–Trinajstić information content (AvgIpc) is 2.87. The lowest BCUT2D eigenvalue weighted by Gasteiger charge is -2.12. The number of aromatic nitrogens is 3. The summed E-state index contributed by atoms with van der Waals surface area (Å²) in [4.78, 5) is 17.4. The normalized spacial score (nSPS) is 11.3. The van der Waals surface area contributed by atoms with Crippen molar-refractivity contribution < 1.29 is 4.52 Å². The average molecular weight is 329 g/mol. The maximum absolute atomic E-state index is 12.7. The van der Waals surface area contributed by atoms with Crippen LogP contribution in [-0.2, 0) is 12.3 Å². The summed E-state index contributed by atoms with van der Waals surface area (Å²) >= 11 is 1.55. The lowest BCUT2D eigenvalue weighted by molar-refractivity contribution is 0.392. The molecule has 0 bridgehead atoms. The van der Waals surface area contributed by atoms with Gasteiger partial charge < -0.3 is 4.52 Å². The summed E-state index contributed by atoms with van der Waals surface area (Å²) in [5.74, 6) is 1.51. The molecule has 3 aromatic rings. The Balaban J connectivity index is 2.02. The summed E-state index contributed by atoms with van der Waals surface area (Å²) in [6, 6.07) is 7.49. The molecule has 0 fully saturated rings. The van der Waals surface area contributed by atoms with Gasteiger partial charge in [0.15, 0.2) is 5.16 Å². The van der Waals surface area contributed by atoms with Crippen molar-refractivity contribution in [2.45, 2.75) is 44.6 Å². The monoisotopic (exact) mass is 329 g/mol. The molecule has 0 saturated carbocycles. The van der Waals surface area contributed by atoms with Gasteiger partial charge in [-0.25, -0.2) is 4.98 Å². The second-order valence-corrected chi connectivity index (χ2v) is 6.40. The molecular weight excluding hydrogens is 310 g/mol. The Morgan fingerprint density at radius 2 is 2.04 bits per heavy atom. The van der Waals surface area contributed by atoms with Crippen LogP contribution in [0, 0.1) is 13.8 Å². The lowest BCUT2D eigenvalue weighted by atomic mass is 10.2. The fraction of sp³-hybridized carbons (Fsp3) is 0.353. The van der Waals surface area contributed by atoms with Crippen molar-refractivity contribution in [2.75, 3.05) is 0 Å². The molecule has 0 spiro atoms. The highest BCUT2D eigenvalue weighted by Gasteiger charge is 2.14. The first-order valence-electron chi connectivity index (χ1n) is 7.66. The van der Waals surface area contributed by atoms with E-state index in [4.69, 9.17) is 4.52 Å². The van der Waals surface area contributed by atoms with Gasteiger partial charge in [-0.05, 0) is 32.4 Å². The van der Waals surface area contributed by atoms with Gasteiger partial charge >= 0.3 is 0 Å². The van der Waals surface area contributed by atoms with E-state index < -0.39 is 0 Å². The third kappa shape index (κ3) is 3.03. The number of benzene rings is 1. The van der Waals surface area contributed by atoms with Gasteiger partial charge in [-0.3, -0.25) is 9.36 Å². The summed E-state index contributed by atoms with van der Waals surface area (Å²) in [5, 5.41) is 5.39. The molecule has 120 valence electrons. The zero-order chi connectivity index (χ0) is 16.4. The van der Waals surface area contributed by atoms with Crippen molar-refractivity contribution in [2.24, 2.45) is 0 Å². The van der Waals surface area contributed by atoms with E-state index in [1.807, 2.05) is 38.1 Å². The number of aryl methyl sites for hydroxylation is 2. The van der Waals surface area contributed by atoms with E-state index in [0.717, 1.165) is 34.1 Å². The van der Waals surface area contributed by atoms with Crippen LogP contribution in [-0.4, -0.2) is 14.7 Å². The third-order valence-corrected chi connectivity index (χ3v) is 4.80. The molecule has 1 aromatic carbocycles. The van der Waals surface area contributed by atoms with Crippen molar-refractivity contribution in [1.29, 1.82) is 0 Å². The molecule has 0 atom stereocenters. The van der Waals surface area contributed by atoms with Gasteiger partial charge in [-0.1, -0.05) is 36.0 Å². The fourth-order valence-corrected chi connectivity index (χ4v) is 3.70. The molecule has 0 amide bonds. The van der Waals surface area contributed by atoms with Crippen molar-refractivity contribution in [3.63, 3.8) is 0 Å². The van der Waals surface area contributed by atoms with Crippen molar-refractivity contribution in [1.82, 2.24) is 14.7 Å². The summed E-state index contributed by atoms with van der Waals surface area (Å²) in [6.07, 6.45) is 0.888. The molecule has 0 aliphatic heterocycles. The highest BCUT2D eigenvalue weighted by molar-refractivity contribution is 7.98. The first kappa shape index (κ1) is 15.8. The summed E-state index contributed by atoms with van der Waals surface area (Å²) < 4.78 is 6.97. The quantitative estimate of drug-likeness (QED) is 0.527. The summed E-state index contributed by atoms with van der Waals surface area (Å²) in [5.41, 5.74) is 2.73. The molecular formula is C17H19N3O2S. The van der Waals surface area contributed by atoms with Crippen LogP contribution in [0.2, 0.25) is 0 Å². The van der Waals surface area contributed by atoms with Gasteiger partial charge in [0, 0.05) is 17.9 Å². The van der Waals surface area contributed by atoms with E-state index in [2.05, 4.69) is 17.1 Å². The number of para-hydroxylation sites is 1. The number of rotatable bonds is 5. The van der Waals surface area contributed by atoms with Gasteiger partial charge in [-0.15, -0.1) is 0 Å². The molecule has 0 N–H and O–H groups in total. The molecule has 5 nitrogen and oxygen atoms in total. The number of thioether (sulfide) groups is 1. The second-order valence-electron chi connectivity index (χ2n) is 5.46. The van der Waals surface area contributed by atoms with E-state index in [9.17, 15) is 4.79 Å². The molecule has 3 rings (SSSR count). The summed E-state index contributed by atoms with van der Waals surface area (Å²) in [7, 11) is 0. The Hall–Kier alpha value is -2.08. The Morgan fingerprint density at radius 1 is 1.26 bits per heavy atom. The molecule has 0 unspecified atom stereocenters. The van der Waals surface area contributed by atoms with Crippen LogP contribution in [0.3, 0.4) is 0 Å². The summed E-state index contributed by atoms with van der Waals surface area (Å²) in [6.45, 7) is 6.56. The minimum atomic E-state index is 0.0266. The Kier molecular flexibility index (Phi) is 4.52. The highest BCUT2D eigenvalue weighted by Crippen LogP contribution is 2.25. The van der Waals surface area contributed by atoms with E-state index in [0.29, 0.717) is 17.7 Å². The Bertz CT molecular complexity index is 879. The van der Waals surface area contributed by atoms with Crippen LogP contribution < -0.4 is 5.56 Å². The van der Waals surface area contributed by atoms with Gasteiger partial charge in [-0.2, -0.15) is 0 Å². The molecule has 0 aliphatic rings. The highest BCUT2D eigenvalue weighted by atomic mass is 32.2. The third-order valence-electron chi connectivity index (χ3n) is 3.80. The standard InChI is InChI=1S/C17H19N3O2S/c1-4-9-20-16(21)13-7-5-6-8-15(13)18-17(20)23-10-14-11(2)19-22-12(14)3/h5-8H,4,9-10H2,1-3H3. The fourth-order valence-electron chi connectivity index (χ4n) is 2.52. The maximum atomic E-state index is 12.7. The first-order chi connectivity index (χ1) is 11.1. The van der Waals surface area contributed by atoms with E-state index >= 15 is 0 Å². The second kappa shape index (κ2) is 6.58. The Labute approximate surface area is 138 Å². The molecule has 0 aliphatic carbocycles. The van der Waals surface area contributed by atoms with Gasteiger partial charge in [0.05, 0.1) is 16.6 Å². The predicted octanol–water partition coefficient (Wildman–Crippen LogP) is 3.70. The Morgan fingerprint density at radius 3 is 2.74 bits per heavy atom. The van der Waals surface area contributed by atoms with Crippen LogP contribution in [0.25, 0.3) is 10.9 Å². The molecule has 6 heteroatoms. The molecule has 23 heavy (non-hydrogen) atoms. The van der Waals surface area contributed by atoms with Crippen LogP contribution in [0.1, 0.15) is 30.4 Å². The minimum Gasteiger partial charge on any atom is -0.361 e. The van der Waals surface area contributed by atoms with Crippen molar-refractivity contribution in [3.8, 4) is 0 Å². The minimum absolute atomic E-state index is 0.0266. The van der Waals surface area contributed by atoms with Crippen molar-refractivity contribution >= 4 is 22.7 Å². The lowest BCUT2D eigenvalue weighted by Crippen LogP contribution is -2.23. The van der Waals surface area contributed by atoms with E-state index in [1.54, 1.807) is 16.3 Å². The zero-order valence-electron chi connectivity index (χ0n) is 13.5. The smallest absolute Gasteiger partial charge is 0.262 e. The molecule has 0 radical (unpaired) electrons. The largest absolute Gasteiger partial charge is 0.361 e. The number of hydrogen-bond acceptors (Lipinski definition) is 5. The molecule has 2 heterocycles. The molecule has 2 aromatic heterocycles. The van der Waals surface area contributed by atoms with Crippen LogP contribution in [0.15, 0.2) is 38.7 Å². The maximum Gasteiger partial charge on any atom is 0.262 e. The van der Waals surface area contributed by atoms with Crippen LogP contribution >= 0.6 is 11.8 Å². The SMILES string of the molecule is CCCn1c(SCc2c(C)noc2C)nc2ccccc2c1=O. The van der Waals surface area contributed by atoms with Gasteiger partial charge in [0.2, 0.25) is 0 Å². The van der Waals surface area contributed by atoms with Crippen LogP contribution in [0.4, 0.5) is 0 Å². The van der Waals surface area contributed by atoms with Crippen LogP contribution in [0.5, 0.6) is 0 Å². The number of nitrogens with zero attached hydrogens (tertiary/aromatic N) is 3. The topological polar surface area (TPSA) is 60.9 Å². The van der Waals surface area contributed by atoms with Gasteiger partial charge in [0.25, 0.3) is 5.56 Å². The molecule has 0 saturated heterocycles. The predicted molar refractivity (Wildman–Crippen MR) is 91.8 cm³/mol.